The molecule has 0 amide bonds. The molecule has 1 aromatic rings. The zero-order chi connectivity index (χ0) is 11.3. The van der Waals surface area contributed by atoms with Crippen LogP contribution in [-0.4, -0.2) is 9.55 Å². The lowest BCUT2D eigenvalue weighted by Crippen LogP contribution is -2.20. The molecule has 0 aromatic carbocycles. The van der Waals surface area contributed by atoms with Gasteiger partial charge in [-0.25, -0.2) is 4.98 Å². The van der Waals surface area contributed by atoms with Gasteiger partial charge in [-0.2, -0.15) is 0 Å². The predicted octanol–water partition coefficient (Wildman–Crippen LogP) is 2.73. The Kier molecular flexibility index (Phi) is 4.82. The lowest BCUT2D eigenvalue weighted by molar-refractivity contribution is 0.470. The van der Waals surface area contributed by atoms with Gasteiger partial charge in [-0.1, -0.05) is 33.6 Å². The number of aromatic nitrogens is 2. The molecule has 0 fully saturated rings. The third-order valence-electron chi connectivity index (χ3n) is 2.81. The first-order valence-corrected chi connectivity index (χ1v) is 5.92. The molecule has 1 aromatic heterocycles. The van der Waals surface area contributed by atoms with Crippen LogP contribution in [0, 0.1) is 5.92 Å². The molecule has 86 valence electrons. The molecule has 0 bridgehead atoms. The molecular formula is C12H23N3. The molecule has 1 heterocycles. The lowest BCUT2D eigenvalue weighted by Gasteiger charge is -2.17. The average Bonchev–Trinajstić information content (AvgIpc) is 2.65. The second-order valence-electron chi connectivity index (χ2n) is 4.49. The van der Waals surface area contributed by atoms with E-state index < -0.39 is 0 Å². The molecule has 3 heteroatoms. The summed E-state index contributed by atoms with van der Waals surface area (Å²) < 4.78 is 2.19. The molecule has 0 aliphatic carbocycles. The predicted molar refractivity (Wildman–Crippen MR) is 63.5 cm³/mol. The van der Waals surface area contributed by atoms with Crippen LogP contribution in [0.1, 0.15) is 51.8 Å². The van der Waals surface area contributed by atoms with Crippen LogP contribution in [0.25, 0.3) is 0 Å². The summed E-state index contributed by atoms with van der Waals surface area (Å²) in [4.78, 5) is 4.19. The van der Waals surface area contributed by atoms with Gasteiger partial charge in [0, 0.05) is 18.8 Å². The summed E-state index contributed by atoms with van der Waals surface area (Å²) in [5.74, 6) is 0.464. The van der Waals surface area contributed by atoms with E-state index in [9.17, 15) is 0 Å². The smallest absolute Gasteiger partial charge is 0.0948 e. The van der Waals surface area contributed by atoms with Crippen LogP contribution in [-0.2, 0) is 6.54 Å². The zero-order valence-electron chi connectivity index (χ0n) is 10.1. The summed E-state index contributed by atoms with van der Waals surface area (Å²) >= 11 is 0. The first-order valence-electron chi connectivity index (χ1n) is 5.92. The van der Waals surface area contributed by atoms with Gasteiger partial charge >= 0.3 is 0 Å². The molecule has 0 aliphatic rings. The third-order valence-corrected chi connectivity index (χ3v) is 2.81. The number of nitrogens with zero attached hydrogens (tertiary/aromatic N) is 2. The highest BCUT2D eigenvalue weighted by molar-refractivity contribution is 5.05. The number of aryl methyl sites for hydroxylation is 1. The van der Waals surface area contributed by atoms with Crippen molar-refractivity contribution in [2.75, 3.05) is 0 Å². The van der Waals surface area contributed by atoms with E-state index in [1.807, 2.05) is 12.5 Å². The van der Waals surface area contributed by atoms with Crippen LogP contribution in [0.4, 0.5) is 0 Å². The minimum absolute atomic E-state index is 0.106. The highest BCUT2D eigenvalue weighted by Gasteiger charge is 2.14. The van der Waals surface area contributed by atoms with Gasteiger partial charge in [-0.3, -0.25) is 0 Å². The van der Waals surface area contributed by atoms with Crippen molar-refractivity contribution in [2.45, 2.75) is 52.6 Å². The normalized spacial score (nSPS) is 13.4. The summed E-state index contributed by atoms with van der Waals surface area (Å²) in [7, 11) is 0. The van der Waals surface area contributed by atoms with Crippen LogP contribution in [0.15, 0.2) is 12.5 Å². The number of hydrogen-bond acceptors (Lipinski definition) is 2. The summed E-state index contributed by atoms with van der Waals surface area (Å²) in [5.41, 5.74) is 7.29. The van der Waals surface area contributed by atoms with Gasteiger partial charge in [-0.15, -0.1) is 0 Å². The van der Waals surface area contributed by atoms with Crippen LogP contribution in [0.5, 0.6) is 0 Å². The molecule has 0 saturated heterocycles. The Balaban J connectivity index is 2.60. The van der Waals surface area contributed by atoms with E-state index >= 15 is 0 Å². The van der Waals surface area contributed by atoms with Gasteiger partial charge in [0.2, 0.25) is 0 Å². The Labute approximate surface area is 92.7 Å². The van der Waals surface area contributed by atoms with Crippen LogP contribution in [0.3, 0.4) is 0 Å². The molecule has 2 N–H and O–H groups in total. The minimum Gasteiger partial charge on any atom is -0.333 e. The zero-order valence-corrected chi connectivity index (χ0v) is 10.1. The Bertz CT molecular complexity index is 278. The summed E-state index contributed by atoms with van der Waals surface area (Å²) in [6.45, 7) is 7.56. The van der Waals surface area contributed by atoms with Crippen molar-refractivity contribution in [1.29, 1.82) is 0 Å². The lowest BCUT2D eigenvalue weighted by atomic mass is 10.0. The minimum atomic E-state index is 0.106. The van der Waals surface area contributed by atoms with Crippen molar-refractivity contribution in [3.8, 4) is 0 Å². The quantitative estimate of drug-likeness (QED) is 0.732. The van der Waals surface area contributed by atoms with Crippen LogP contribution < -0.4 is 5.73 Å². The molecule has 0 radical (unpaired) electrons. The Morgan fingerprint density at radius 1 is 1.40 bits per heavy atom. The van der Waals surface area contributed by atoms with Crippen LogP contribution in [0.2, 0.25) is 0 Å². The second kappa shape index (κ2) is 5.91. The molecule has 3 nitrogen and oxygen atoms in total. The largest absolute Gasteiger partial charge is 0.333 e. The molecule has 15 heavy (non-hydrogen) atoms. The molecule has 1 rings (SSSR count). The molecule has 1 atom stereocenters. The average molecular weight is 209 g/mol. The van der Waals surface area contributed by atoms with Crippen molar-refractivity contribution in [1.82, 2.24) is 9.55 Å². The number of nitrogens with two attached hydrogens (primary N) is 1. The fourth-order valence-electron chi connectivity index (χ4n) is 1.67. The number of hydrogen-bond donors (Lipinski definition) is 1. The topological polar surface area (TPSA) is 43.8 Å². The first-order chi connectivity index (χ1) is 7.16. The van der Waals surface area contributed by atoms with E-state index in [2.05, 4.69) is 30.3 Å². The fourth-order valence-corrected chi connectivity index (χ4v) is 1.67. The maximum atomic E-state index is 6.13. The van der Waals surface area contributed by atoms with Crippen molar-refractivity contribution in [3.05, 3.63) is 18.2 Å². The van der Waals surface area contributed by atoms with E-state index in [-0.39, 0.29) is 6.04 Å². The van der Waals surface area contributed by atoms with Gasteiger partial charge in [0.1, 0.15) is 0 Å². The molecule has 0 spiro atoms. The number of rotatable bonds is 6. The highest BCUT2D eigenvalue weighted by Crippen LogP contribution is 2.18. The first kappa shape index (κ1) is 12.2. The van der Waals surface area contributed by atoms with E-state index in [0.717, 1.165) is 6.54 Å². The maximum absolute atomic E-state index is 6.13. The van der Waals surface area contributed by atoms with Crippen molar-refractivity contribution >= 4 is 0 Å². The number of unbranched alkanes of at least 4 members (excludes halogenated alkanes) is 2. The van der Waals surface area contributed by atoms with Gasteiger partial charge in [0.05, 0.1) is 12.0 Å². The SMILES string of the molecule is CCCCCn1cncc1C(N)C(C)C. The summed E-state index contributed by atoms with van der Waals surface area (Å²) in [5, 5.41) is 0. The Morgan fingerprint density at radius 3 is 2.73 bits per heavy atom. The Morgan fingerprint density at radius 2 is 2.13 bits per heavy atom. The molecule has 1 unspecified atom stereocenters. The third kappa shape index (κ3) is 3.34. The van der Waals surface area contributed by atoms with Gasteiger partial charge in [-0.05, 0) is 12.3 Å². The van der Waals surface area contributed by atoms with E-state index in [0.29, 0.717) is 5.92 Å². The van der Waals surface area contributed by atoms with Crippen molar-refractivity contribution in [3.63, 3.8) is 0 Å². The monoisotopic (exact) mass is 209 g/mol. The Hall–Kier alpha value is -0.830. The maximum Gasteiger partial charge on any atom is 0.0948 e. The standard InChI is InChI=1S/C12H23N3/c1-4-5-6-7-15-9-14-8-11(15)12(13)10(2)3/h8-10,12H,4-7,13H2,1-3H3. The van der Waals surface area contributed by atoms with Crippen molar-refractivity contribution in [2.24, 2.45) is 11.7 Å². The summed E-state index contributed by atoms with van der Waals surface area (Å²) in [6, 6.07) is 0.106. The van der Waals surface area contributed by atoms with Crippen LogP contribution >= 0.6 is 0 Å². The fraction of sp³-hybridized carbons (Fsp3) is 0.750. The molecule has 0 saturated carbocycles. The van der Waals surface area contributed by atoms with Gasteiger partial charge in [0.15, 0.2) is 0 Å². The molecular weight excluding hydrogens is 186 g/mol. The van der Waals surface area contributed by atoms with E-state index in [4.69, 9.17) is 5.73 Å². The van der Waals surface area contributed by atoms with Crippen molar-refractivity contribution < 1.29 is 0 Å². The van der Waals surface area contributed by atoms with E-state index in [1.54, 1.807) is 0 Å². The second-order valence-corrected chi connectivity index (χ2v) is 4.49. The highest BCUT2D eigenvalue weighted by atomic mass is 15.1. The summed E-state index contributed by atoms with van der Waals surface area (Å²) in [6.07, 6.45) is 7.53. The number of imidazole rings is 1. The van der Waals surface area contributed by atoms with Gasteiger partial charge < -0.3 is 10.3 Å². The van der Waals surface area contributed by atoms with Gasteiger partial charge in [0.25, 0.3) is 0 Å². The molecule has 0 aliphatic heterocycles. The van der Waals surface area contributed by atoms with E-state index in [1.165, 1.54) is 25.0 Å².